The molecule has 0 aliphatic carbocycles. The van der Waals surface area contributed by atoms with Crippen molar-refractivity contribution in [2.24, 2.45) is 4.99 Å². The van der Waals surface area contributed by atoms with Crippen molar-refractivity contribution in [2.75, 3.05) is 34.4 Å². The minimum atomic E-state index is 0. The van der Waals surface area contributed by atoms with Gasteiger partial charge in [-0.05, 0) is 25.0 Å². The Balaban J connectivity index is 0.00000441. The first-order valence-corrected chi connectivity index (χ1v) is 6.92. The van der Waals surface area contributed by atoms with E-state index in [1.165, 1.54) is 0 Å². The molecule has 1 rings (SSSR count). The highest BCUT2D eigenvalue weighted by Crippen LogP contribution is 2.23. The lowest BCUT2D eigenvalue weighted by Gasteiger charge is -2.17. The van der Waals surface area contributed by atoms with Gasteiger partial charge in [0.15, 0.2) is 5.96 Å². The number of hydrogen-bond donors (Lipinski definition) is 3. The number of rotatable bonds is 7. The third-order valence-electron chi connectivity index (χ3n) is 3.00. The van der Waals surface area contributed by atoms with E-state index < -0.39 is 0 Å². The minimum Gasteiger partial charge on any atom is -0.508 e. The van der Waals surface area contributed by atoms with Gasteiger partial charge in [-0.1, -0.05) is 6.07 Å². The van der Waals surface area contributed by atoms with Crippen LogP contribution in [-0.4, -0.2) is 51.5 Å². The van der Waals surface area contributed by atoms with Gasteiger partial charge in [0.05, 0.1) is 13.7 Å². The molecule has 0 saturated carbocycles. The Labute approximate surface area is 149 Å². The van der Waals surface area contributed by atoms with Crippen molar-refractivity contribution in [1.82, 2.24) is 10.6 Å². The molecule has 1 aromatic carbocycles. The number of phenols is 1. The molecule has 0 amide bonds. The number of methoxy groups -OCH3 is 2. The van der Waals surface area contributed by atoms with Gasteiger partial charge < -0.3 is 25.2 Å². The predicted molar refractivity (Wildman–Crippen MR) is 99.6 cm³/mol. The fraction of sp³-hybridized carbons (Fsp3) is 0.533. The summed E-state index contributed by atoms with van der Waals surface area (Å²) in [7, 11) is 4.97. The number of guanidine groups is 1. The van der Waals surface area contributed by atoms with Crippen LogP contribution in [0.4, 0.5) is 0 Å². The number of nitrogens with zero attached hydrogens (tertiary/aromatic N) is 1. The molecule has 7 heteroatoms. The van der Waals surface area contributed by atoms with E-state index in [1.54, 1.807) is 27.3 Å². The molecule has 0 spiro atoms. The molecular formula is C15H26IN3O3. The van der Waals surface area contributed by atoms with Crippen molar-refractivity contribution in [3.05, 3.63) is 23.8 Å². The number of aliphatic imine (C=N–C) groups is 1. The highest BCUT2D eigenvalue weighted by molar-refractivity contribution is 14.0. The zero-order valence-electron chi connectivity index (χ0n) is 13.5. The molecule has 126 valence electrons. The van der Waals surface area contributed by atoms with Gasteiger partial charge in [-0.3, -0.25) is 4.99 Å². The van der Waals surface area contributed by atoms with E-state index in [1.807, 2.05) is 19.1 Å². The number of benzene rings is 1. The molecule has 0 heterocycles. The molecule has 0 bridgehead atoms. The standard InChI is InChI=1S/C15H25N3O3.HI/c1-11(10-20-3)18-15(16-2)17-8-7-12-5-6-13(21-4)9-14(12)19;/h5-6,9,11,19H,7-8,10H2,1-4H3,(H2,16,17,18);1H. The Hall–Kier alpha value is -1.22. The summed E-state index contributed by atoms with van der Waals surface area (Å²) in [4.78, 5) is 4.15. The fourth-order valence-corrected chi connectivity index (χ4v) is 1.92. The third kappa shape index (κ3) is 7.17. The second-order valence-electron chi connectivity index (χ2n) is 4.74. The summed E-state index contributed by atoms with van der Waals surface area (Å²) in [6.07, 6.45) is 0.690. The summed E-state index contributed by atoms with van der Waals surface area (Å²) >= 11 is 0. The van der Waals surface area contributed by atoms with E-state index in [0.29, 0.717) is 31.3 Å². The zero-order valence-corrected chi connectivity index (χ0v) is 15.9. The van der Waals surface area contributed by atoms with Crippen LogP contribution < -0.4 is 15.4 Å². The van der Waals surface area contributed by atoms with Gasteiger partial charge in [0.2, 0.25) is 0 Å². The average molecular weight is 423 g/mol. The monoisotopic (exact) mass is 423 g/mol. The number of aromatic hydroxyl groups is 1. The van der Waals surface area contributed by atoms with Crippen molar-refractivity contribution in [3.8, 4) is 11.5 Å². The largest absolute Gasteiger partial charge is 0.508 e. The second-order valence-corrected chi connectivity index (χ2v) is 4.74. The van der Waals surface area contributed by atoms with Crippen molar-refractivity contribution in [3.63, 3.8) is 0 Å². The van der Waals surface area contributed by atoms with Crippen LogP contribution in [0.3, 0.4) is 0 Å². The van der Waals surface area contributed by atoms with Gasteiger partial charge >= 0.3 is 0 Å². The molecule has 0 radical (unpaired) electrons. The first-order chi connectivity index (χ1) is 10.1. The number of phenolic OH excluding ortho intramolecular Hbond substituents is 1. The lowest BCUT2D eigenvalue weighted by atomic mass is 10.1. The number of halogens is 1. The summed E-state index contributed by atoms with van der Waals surface area (Å²) in [6.45, 7) is 3.30. The normalized spacial score (nSPS) is 12.3. The first kappa shape index (κ1) is 20.8. The maximum absolute atomic E-state index is 9.89. The molecule has 22 heavy (non-hydrogen) atoms. The van der Waals surface area contributed by atoms with Crippen molar-refractivity contribution >= 4 is 29.9 Å². The van der Waals surface area contributed by atoms with Crippen LogP contribution in [0.25, 0.3) is 0 Å². The molecule has 3 N–H and O–H groups in total. The van der Waals surface area contributed by atoms with Gasteiger partial charge in [0, 0.05) is 32.8 Å². The van der Waals surface area contributed by atoms with Crippen LogP contribution >= 0.6 is 24.0 Å². The molecule has 0 aromatic heterocycles. The van der Waals surface area contributed by atoms with Crippen molar-refractivity contribution < 1.29 is 14.6 Å². The van der Waals surface area contributed by atoms with Gasteiger partial charge in [0.25, 0.3) is 0 Å². The topological polar surface area (TPSA) is 75.1 Å². The van der Waals surface area contributed by atoms with Crippen LogP contribution in [0, 0.1) is 0 Å². The number of hydrogen-bond acceptors (Lipinski definition) is 4. The smallest absolute Gasteiger partial charge is 0.191 e. The Morgan fingerprint density at radius 1 is 1.36 bits per heavy atom. The Bertz CT molecular complexity index is 469. The SMILES string of the molecule is CN=C(NCCc1ccc(OC)cc1O)NC(C)COC.I. The van der Waals surface area contributed by atoms with Gasteiger partial charge in [-0.25, -0.2) is 0 Å². The van der Waals surface area contributed by atoms with E-state index in [-0.39, 0.29) is 35.8 Å². The molecule has 0 fully saturated rings. The molecule has 0 aliphatic heterocycles. The van der Waals surface area contributed by atoms with Crippen LogP contribution in [0.1, 0.15) is 12.5 Å². The fourth-order valence-electron chi connectivity index (χ4n) is 1.92. The maximum Gasteiger partial charge on any atom is 0.191 e. The Kier molecular flexibility index (Phi) is 10.7. The van der Waals surface area contributed by atoms with Gasteiger partial charge in [-0.2, -0.15) is 0 Å². The Morgan fingerprint density at radius 2 is 2.09 bits per heavy atom. The summed E-state index contributed by atoms with van der Waals surface area (Å²) < 4.78 is 10.1. The van der Waals surface area contributed by atoms with Gasteiger partial charge in [0.1, 0.15) is 11.5 Å². The summed E-state index contributed by atoms with van der Waals surface area (Å²) in [5, 5.41) is 16.3. The molecule has 6 nitrogen and oxygen atoms in total. The second kappa shape index (κ2) is 11.4. The lowest BCUT2D eigenvalue weighted by Crippen LogP contribution is -2.44. The maximum atomic E-state index is 9.89. The predicted octanol–water partition coefficient (Wildman–Crippen LogP) is 1.76. The highest BCUT2D eigenvalue weighted by atomic mass is 127. The summed E-state index contributed by atoms with van der Waals surface area (Å²) in [5.74, 6) is 1.61. The van der Waals surface area contributed by atoms with Crippen LogP contribution in [-0.2, 0) is 11.2 Å². The quantitative estimate of drug-likeness (QED) is 0.354. The van der Waals surface area contributed by atoms with E-state index in [0.717, 1.165) is 5.56 Å². The van der Waals surface area contributed by atoms with Crippen molar-refractivity contribution in [2.45, 2.75) is 19.4 Å². The highest BCUT2D eigenvalue weighted by Gasteiger charge is 2.06. The van der Waals surface area contributed by atoms with Gasteiger partial charge in [-0.15, -0.1) is 24.0 Å². The van der Waals surface area contributed by atoms with Crippen LogP contribution in [0.5, 0.6) is 11.5 Å². The molecule has 1 aromatic rings. The molecule has 0 saturated heterocycles. The summed E-state index contributed by atoms with van der Waals surface area (Å²) in [5.41, 5.74) is 0.865. The molecule has 0 aliphatic rings. The zero-order chi connectivity index (χ0) is 15.7. The van der Waals surface area contributed by atoms with E-state index in [4.69, 9.17) is 9.47 Å². The van der Waals surface area contributed by atoms with E-state index >= 15 is 0 Å². The van der Waals surface area contributed by atoms with E-state index in [9.17, 15) is 5.11 Å². The molecule has 1 unspecified atom stereocenters. The average Bonchev–Trinajstić information content (AvgIpc) is 2.47. The van der Waals surface area contributed by atoms with E-state index in [2.05, 4.69) is 15.6 Å². The van der Waals surface area contributed by atoms with Crippen LogP contribution in [0.2, 0.25) is 0 Å². The first-order valence-electron chi connectivity index (χ1n) is 6.92. The summed E-state index contributed by atoms with van der Waals surface area (Å²) in [6, 6.07) is 5.49. The van der Waals surface area contributed by atoms with Crippen molar-refractivity contribution in [1.29, 1.82) is 0 Å². The minimum absolute atomic E-state index is 0. The lowest BCUT2D eigenvalue weighted by molar-refractivity contribution is 0.179. The third-order valence-corrected chi connectivity index (χ3v) is 3.00. The molecule has 1 atom stereocenters. The number of nitrogens with one attached hydrogen (secondary N) is 2. The number of ether oxygens (including phenoxy) is 2. The molecular weight excluding hydrogens is 397 g/mol. The Morgan fingerprint density at radius 3 is 2.64 bits per heavy atom. The van der Waals surface area contributed by atoms with Crippen LogP contribution in [0.15, 0.2) is 23.2 Å².